The van der Waals surface area contributed by atoms with Gasteiger partial charge in [0, 0.05) is 55.8 Å². The van der Waals surface area contributed by atoms with Crippen molar-refractivity contribution in [2.45, 2.75) is 19.5 Å². The average molecular weight is 359 g/mol. The Kier molecular flexibility index (Phi) is 5.89. The third-order valence-electron chi connectivity index (χ3n) is 4.62. The highest BCUT2D eigenvalue weighted by Crippen LogP contribution is 2.20. The van der Waals surface area contributed by atoms with Crippen LogP contribution in [0.4, 0.5) is 5.69 Å². The summed E-state index contributed by atoms with van der Waals surface area (Å²) in [4.78, 5) is 21.0. The summed E-state index contributed by atoms with van der Waals surface area (Å²) >= 11 is 5.95. The number of rotatable bonds is 5. The van der Waals surface area contributed by atoms with E-state index >= 15 is 0 Å². The van der Waals surface area contributed by atoms with Gasteiger partial charge in [0.15, 0.2) is 0 Å². The number of halogens is 1. The summed E-state index contributed by atoms with van der Waals surface area (Å²) in [5, 5.41) is 3.75. The Hall–Kier alpha value is -2.11. The van der Waals surface area contributed by atoms with Gasteiger partial charge < -0.3 is 10.2 Å². The average Bonchev–Trinajstić information content (AvgIpc) is 2.67. The van der Waals surface area contributed by atoms with E-state index in [9.17, 15) is 4.79 Å². The van der Waals surface area contributed by atoms with Crippen molar-refractivity contribution in [3.05, 3.63) is 59.4 Å². The summed E-state index contributed by atoms with van der Waals surface area (Å²) in [5.41, 5.74) is 2.19. The molecule has 0 unspecified atom stereocenters. The Morgan fingerprint density at radius 3 is 2.56 bits per heavy atom. The van der Waals surface area contributed by atoms with Crippen LogP contribution in [0, 0.1) is 0 Å². The summed E-state index contributed by atoms with van der Waals surface area (Å²) in [6, 6.07) is 11.6. The minimum Gasteiger partial charge on any atom is -0.369 e. The molecule has 1 amide bonds. The Balaban J connectivity index is 1.48. The van der Waals surface area contributed by atoms with E-state index < -0.39 is 0 Å². The van der Waals surface area contributed by atoms with Gasteiger partial charge in [0.05, 0.1) is 6.04 Å². The van der Waals surface area contributed by atoms with Gasteiger partial charge in [-0.25, -0.2) is 0 Å². The zero-order valence-corrected chi connectivity index (χ0v) is 15.1. The number of nitrogens with zero attached hydrogens (tertiary/aromatic N) is 3. The lowest BCUT2D eigenvalue weighted by atomic mass is 10.2. The molecule has 5 nitrogen and oxygen atoms in total. The monoisotopic (exact) mass is 358 g/mol. The van der Waals surface area contributed by atoms with Crippen LogP contribution in [-0.4, -0.2) is 48.0 Å². The minimum atomic E-state index is -0.135. The first-order chi connectivity index (χ1) is 12.1. The van der Waals surface area contributed by atoms with Crippen molar-refractivity contribution in [2.24, 2.45) is 0 Å². The minimum absolute atomic E-state index is 0.0591. The molecule has 2 aromatic rings. The van der Waals surface area contributed by atoms with Gasteiger partial charge in [-0.2, -0.15) is 0 Å². The molecule has 25 heavy (non-hydrogen) atoms. The highest BCUT2D eigenvalue weighted by molar-refractivity contribution is 6.30. The van der Waals surface area contributed by atoms with Crippen LogP contribution in [0.5, 0.6) is 0 Å². The number of aromatic nitrogens is 1. The molecule has 6 heteroatoms. The number of pyridine rings is 1. The maximum Gasteiger partial charge on any atom is 0.237 e. The van der Waals surface area contributed by atoms with E-state index in [4.69, 9.17) is 11.6 Å². The largest absolute Gasteiger partial charge is 0.369 e. The zero-order chi connectivity index (χ0) is 17.6. The Morgan fingerprint density at radius 2 is 1.92 bits per heavy atom. The molecule has 0 bridgehead atoms. The number of hydrogen-bond donors (Lipinski definition) is 1. The number of carbonyl (C=O) groups excluding carboxylic acids is 1. The van der Waals surface area contributed by atoms with Crippen molar-refractivity contribution in [1.82, 2.24) is 15.2 Å². The van der Waals surface area contributed by atoms with Gasteiger partial charge in [-0.3, -0.25) is 14.7 Å². The fourth-order valence-electron chi connectivity index (χ4n) is 3.02. The van der Waals surface area contributed by atoms with Crippen LogP contribution in [0.3, 0.4) is 0 Å². The summed E-state index contributed by atoms with van der Waals surface area (Å²) in [5.74, 6) is 0.0591. The van der Waals surface area contributed by atoms with Crippen LogP contribution in [0.1, 0.15) is 12.5 Å². The van der Waals surface area contributed by atoms with Crippen LogP contribution in [0.2, 0.25) is 5.02 Å². The third kappa shape index (κ3) is 4.71. The second-order valence-electron chi connectivity index (χ2n) is 6.25. The number of amides is 1. The normalized spacial score (nSPS) is 16.5. The summed E-state index contributed by atoms with van der Waals surface area (Å²) < 4.78 is 0. The fraction of sp³-hybridized carbons (Fsp3) is 0.368. The van der Waals surface area contributed by atoms with Crippen molar-refractivity contribution in [2.75, 3.05) is 31.1 Å². The number of hydrogen-bond acceptors (Lipinski definition) is 4. The van der Waals surface area contributed by atoms with Crippen molar-refractivity contribution in [1.29, 1.82) is 0 Å². The lowest BCUT2D eigenvalue weighted by molar-refractivity contribution is -0.126. The van der Waals surface area contributed by atoms with Crippen molar-refractivity contribution in [3.63, 3.8) is 0 Å². The molecule has 0 spiro atoms. The maximum atomic E-state index is 12.4. The smallest absolute Gasteiger partial charge is 0.237 e. The molecular weight excluding hydrogens is 336 g/mol. The lowest BCUT2D eigenvalue weighted by Crippen LogP contribution is -2.53. The molecule has 1 fully saturated rings. The molecule has 1 aliphatic heterocycles. The van der Waals surface area contributed by atoms with Crippen LogP contribution < -0.4 is 10.2 Å². The molecule has 1 aliphatic rings. The van der Waals surface area contributed by atoms with Crippen molar-refractivity contribution >= 4 is 23.2 Å². The van der Waals surface area contributed by atoms with Gasteiger partial charge in [0.25, 0.3) is 0 Å². The third-order valence-corrected chi connectivity index (χ3v) is 4.87. The maximum absolute atomic E-state index is 12.4. The van der Waals surface area contributed by atoms with Gasteiger partial charge in [-0.1, -0.05) is 17.7 Å². The van der Waals surface area contributed by atoms with E-state index in [0.717, 1.165) is 36.8 Å². The van der Waals surface area contributed by atoms with Crippen LogP contribution in [-0.2, 0) is 11.3 Å². The summed E-state index contributed by atoms with van der Waals surface area (Å²) in [6.07, 6.45) is 3.50. The molecule has 1 N–H and O–H groups in total. The first-order valence-corrected chi connectivity index (χ1v) is 8.92. The van der Waals surface area contributed by atoms with Gasteiger partial charge in [-0.05, 0) is 42.8 Å². The Labute approximate surface area is 153 Å². The van der Waals surface area contributed by atoms with Gasteiger partial charge in [0.2, 0.25) is 5.91 Å². The molecular formula is C19H23ClN4O. The predicted molar refractivity (Wildman–Crippen MR) is 101 cm³/mol. The Morgan fingerprint density at radius 1 is 1.20 bits per heavy atom. The van der Waals surface area contributed by atoms with E-state index in [2.05, 4.69) is 20.1 Å². The van der Waals surface area contributed by atoms with E-state index in [1.165, 1.54) is 5.69 Å². The first kappa shape index (κ1) is 17.7. The molecule has 0 saturated carbocycles. The second-order valence-corrected chi connectivity index (χ2v) is 6.69. The lowest BCUT2D eigenvalue weighted by Gasteiger charge is -2.38. The van der Waals surface area contributed by atoms with Crippen LogP contribution >= 0.6 is 11.6 Å². The molecule has 0 aliphatic carbocycles. The van der Waals surface area contributed by atoms with Gasteiger partial charge in [-0.15, -0.1) is 0 Å². The fourth-order valence-corrected chi connectivity index (χ4v) is 3.15. The number of piperazine rings is 1. The molecule has 132 valence electrons. The standard InChI is InChI=1S/C19H23ClN4O/c1-15(19(25)22-14-16-3-2-8-21-13-16)23-9-11-24(12-10-23)18-6-4-17(20)5-7-18/h2-8,13,15H,9-12,14H2,1H3,(H,22,25)/t15-/m0/s1. The quantitative estimate of drug-likeness (QED) is 0.892. The SMILES string of the molecule is C[C@@H](C(=O)NCc1cccnc1)N1CCN(c2ccc(Cl)cc2)CC1. The van der Waals surface area contributed by atoms with Crippen molar-refractivity contribution in [3.8, 4) is 0 Å². The second kappa shape index (κ2) is 8.32. The topological polar surface area (TPSA) is 48.5 Å². The Bertz CT molecular complexity index is 684. The highest BCUT2D eigenvalue weighted by atomic mass is 35.5. The molecule has 1 aromatic heterocycles. The zero-order valence-electron chi connectivity index (χ0n) is 14.4. The molecule has 3 rings (SSSR count). The molecule has 0 radical (unpaired) electrons. The summed E-state index contributed by atoms with van der Waals surface area (Å²) in [6.45, 7) is 6.02. The number of carbonyl (C=O) groups is 1. The highest BCUT2D eigenvalue weighted by Gasteiger charge is 2.25. The van der Waals surface area contributed by atoms with Crippen LogP contribution in [0.25, 0.3) is 0 Å². The molecule has 1 saturated heterocycles. The van der Waals surface area contributed by atoms with Crippen molar-refractivity contribution < 1.29 is 4.79 Å². The van der Waals surface area contributed by atoms with Gasteiger partial charge >= 0.3 is 0 Å². The number of nitrogens with one attached hydrogen (secondary N) is 1. The van der Waals surface area contributed by atoms with E-state index in [0.29, 0.717) is 6.54 Å². The van der Waals surface area contributed by atoms with Gasteiger partial charge in [0.1, 0.15) is 0 Å². The first-order valence-electron chi connectivity index (χ1n) is 8.54. The van der Waals surface area contributed by atoms with E-state index in [-0.39, 0.29) is 11.9 Å². The number of anilines is 1. The van der Waals surface area contributed by atoms with E-state index in [1.54, 1.807) is 12.4 Å². The van der Waals surface area contributed by atoms with E-state index in [1.807, 2.05) is 43.3 Å². The predicted octanol–water partition coefficient (Wildman–Crippen LogP) is 2.56. The number of benzene rings is 1. The molecule has 2 heterocycles. The molecule has 1 aromatic carbocycles. The molecule has 1 atom stereocenters. The van der Waals surface area contributed by atoms with Crippen LogP contribution in [0.15, 0.2) is 48.8 Å². The summed E-state index contributed by atoms with van der Waals surface area (Å²) in [7, 11) is 0.